The van der Waals surface area contributed by atoms with Crippen molar-refractivity contribution in [3.05, 3.63) is 28.0 Å². The Hall–Kier alpha value is -0.580. The number of halogens is 4. The Morgan fingerprint density at radius 2 is 2.08 bits per heavy atom. The number of aromatic nitrogens is 1. The van der Waals surface area contributed by atoms with Crippen molar-refractivity contribution in [2.24, 2.45) is 0 Å². The van der Waals surface area contributed by atoms with Crippen molar-refractivity contribution in [2.45, 2.75) is 13.1 Å². The molecule has 0 atom stereocenters. The predicted octanol–water partition coefficient (Wildman–Crippen LogP) is 3.25. The fourth-order valence-corrected chi connectivity index (χ4v) is 1.04. The lowest BCUT2D eigenvalue weighted by Crippen LogP contribution is -1.95. The van der Waals surface area contributed by atoms with Crippen LogP contribution in [-0.2, 0) is 6.67 Å². The Morgan fingerprint density at radius 1 is 1.42 bits per heavy atom. The standard InChI is InChI=1S/C7H5BrF3N/c8-4-1-2-5(7(10)11)12-6(4)3-9/h1-2,7H,3H2. The molecule has 0 aliphatic carbocycles. The first-order chi connectivity index (χ1) is 5.65. The molecule has 12 heavy (non-hydrogen) atoms. The van der Waals surface area contributed by atoms with E-state index in [0.717, 1.165) is 6.07 Å². The number of rotatable bonds is 2. The summed E-state index contributed by atoms with van der Waals surface area (Å²) in [6, 6.07) is 2.53. The topological polar surface area (TPSA) is 12.9 Å². The van der Waals surface area contributed by atoms with Crippen LogP contribution < -0.4 is 0 Å². The zero-order chi connectivity index (χ0) is 9.14. The maximum atomic E-state index is 12.1. The van der Waals surface area contributed by atoms with Gasteiger partial charge in [0.05, 0.1) is 5.69 Å². The molecule has 0 spiro atoms. The number of hydrogen-bond donors (Lipinski definition) is 0. The molecule has 0 saturated heterocycles. The van der Waals surface area contributed by atoms with Gasteiger partial charge >= 0.3 is 0 Å². The van der Waals surface area contributed by atoms with E-state index >= 15 is 0 Å². The minimum Gasteiger partial charge on any atom is -0.248 e. The second-order valence-corrected chi connectivity index (χ2v) is 2.95. The largest absolute Gasteiger partial charge is 0.280 e. The SMILES string of the molecule is FCc1nc(C(F)F)ccc1Br. The van der Waals surface area contributed by atoms with Gasteiger partial charge in [-0.15, -0.1) is 0 Å². The third kappa shape index (κ3) is 1.97. The molecule has 0 bridgehead atoms. The van der Waals surface area contributed by atoms with Gasteiger partial charge in [0, 0.05) is 4.47 Å². The average Bonchev–Trinajstić information content (AvgIpc) is 2.05. The van der Waals surface area contributed by atoms with Gasteiger partial charge in [0.15, 0.2) is 0 Å². The molecule has 1 aromatic heterocycles. The van der Waals surface area contributed by atoms with Gasteiger partial charge in [0.25, 0.3) is 6.43 Å². The van der Waals surface area contributed by atoms with Gasteiger partial charge in [-0.1, -0.05) is 0 Å². The molecule has 66 valence electrons. The van der Waals surface area contributed by atoms with Crippen LogP contribution in [0.2, 0.25) is 0 Å². The molecular weight excluding hydrogens is 235 g/mol. The molecule has 1 nitrogen and oxygen atoms in total. The first-order valence-corrected chi connectivity index (χ1v) is 3.94. The summed E-state index contributed by atoms with van der Waals surface area (Å²) in [6.45, 7) is -0.846. The van der Waals surface area contributed by atoms with Crippen molar-refractivity contribution < 1.29 is 13.2 Å². The average molecular weight is 240 g/mol. The minimum atomic E-state index is -2.65. The van der Waals surface area contributed by atoms with Crippen LogP contribution in [0.3, 0.4) is 0 Å². The molecule has 0 unspecified atom stereocenters. The maximum Gasteiger partial charge on any atom is 0.280 e. The molecule has 5 heteroatoms. The zero-order valence-electron chi connectivity index (χ0n) is 5.90. The Balaban J connectivity index is 3.05. The molecule has 0 radical (unpaired) electrons. The lowest BCUT2D eigenvalue weighted by atomic mass is 10.3. The molecule has 0 saturated carbocycles. The Morgan fingerprint density at radius 3 is 2.58 bits per heavy atom. The van der Waals surface area contributed by atoms with E-state index in [9.17, 15) is 13.2 Å². The molecule has 0 fully saturated rings. The monoisotopic (exact) mass is 239 g/mol. The third-order valence-corrected chi connectivity index (χ3v) is 2.01. The van der Waals surface area contributed by atoms with Crippen LogP contribution in [-0.4, -0.2) is 4.98 Å². The first kappa shape index (κ1) is 9.51. The second kappa shape index (κ2) is 3.89. The Kier molecular flexibility index (Phi) is 3.08. The van der Waals surface area contributed by atoms with Crippen LogP contribution in [0.5, 0.6) is 0 Å². The summed E-state index contributed by atoms with van der Waals surface area (Å²) in [5.41, 5.74) is -0.390. The summed E-state index contributed by atoms with van der Waals surface area (Å²) in [7, 11) is 0. The summed E-state index contributed by atoms with van der Waals surface area (Å²) < 4.78 is 36.5. The van der Waals surface area contributed by atoms with Crippen LogP contribution in [0.15, 0.2) is 16.6 Å². The van der Waals surface area contributed by atoms with E-state index in [-0.39, 0.29) is 5.69 Å². The van der Waals surface area contributed by atoms with Crippen molar-refractivity contribution in [3.8, 4) is 0 Å². The van der Waals surface area contributed by atoms with Crippen LogP contribution >= 0.6 is 15.9 Å². The van der Waals surface area contributed by atoms with Crippen molar-refractivity contribution >= 4 is 15.9 Å². The van der Waals surface area contributed by atoms with E-state index in [0.29, 0.717) is 4.47 Å². The molecule has 1 aromatic rings. The van der Waals surface area contributed by atoms with E-state index in [2.05, 4.69) is 20.9 Å². The normalized spacial score (nSPS) is 10.8. The fourth-order valence-electron chi connectivity index (χ4n) is 0.716. The highest BCUT2D eigenvalue weighted by Gasteiger charge is 2.10. The third-order valence-electron chi connectivity index (χ3n) is 1.29. The van der Waals surface area contributed by atoms with Crippen molar-refractivity contribution in [2.75, 3.05) is 0 Å². The predicted molar refractivity (Wildman–Crippen MR) is 41.7 cm³/mol. The highest BCUT2D eigenvalue weighted by Crippen LogP contribution is 2.21. The molecule has 0 aliphatic heterocycles. The molecule has 0 aliphatic rings. The van der Waals surface area contributed by atoms with E-state index < -0.39 is 18.8 Å². The molecule has 1 heterocycles. The maximum absolute atomic E-state index is 12.1. The van der Waals surface area contributed by atoms with Gasteiger partial charge in [-0.05, 0) is 28.1 Å². The van der Waals surface area contributed by atoms with Crippen molar-refractivity contribution in [1.29, 1.82) is 0 Å². The van der Waals surface area contributed by atoms with Crippen LogP contribution in [0.4, 0.5) is 13.2 Å². The van der Waals surface area contributed by atoms with Crippen molar-refractivity contribution in [1.82, 2.24) is 4.98 Å². The number of hydrogen-bond acceptors (Lipinski definition) is 1. The Bertz CT molecular complexity index is 277. The van der Waals surface area contributed by atoms with Gasteiger partial charge in [-0.25, -0.2) is 18.2 Å². The first-order valence-electron chi connectivity index (χ1n) is 3.14. The van der Waals surface area contributed by atoms with E-state index in [4.69, 9.17) is 0 Å². The minimum absolute atomic E-state index is 0.00722. The van der Waals surface area contributed by atoms with Gasteiger partial charge < -0.3 is 0 Å². The van der Waals surface area contributed by atoms with Gasteiger partial charge in [-0.2, -0.15) is 0 Å². The van der Waals surface area contributed by atoms with E-state index in [1.165, 1.54) is 6.07 Å². The number of pyridine rings is 1. The van der Waals surface area contributed by atoms with Crippen molar-refractivity contribution in [3.63, 3.8) is 0 Å². The highest BCUT2D eigenvalue weighted by molar-refractivity contribution is 9.10. The fraction of sp³-hybridized carbons (Fsp3) is 0.286. The highest BCUT2D eigenvalue weighted by atomic mass is 79.9. The molecular formula is C7H5BrF3N. The molecule has 1 rings (SSSR count). The van der Waals surface area contributed by atoms with Gasteiger partial charge in [0.1, 0.15) is 12.4 Å². The van der Waals surface area contributed by atoms with E-state index in [1.807, 2.05) is 0 Å². The second-order valence-electron chi connectivity index (χ2n) is 2.10. The lowest BCUT2D eigenvalue weighted by Gasteiger charge is -2.02. The number of nitrogens with zero attached hydrogens (tertiary/aromatic N) is 1. The van der Waals surface area contributed by atoms with Crippen LogP contribution in [0, 0.1) is 0 Å². The number of alkyl halides is 3. The Labute approximate surface area is 75.7 Å². The van der Waals surface area contributed by atoms with Crippen LogP contribution in [0.25, 0.3) is 0 Å². The summed E-state index contributed by atoms with van der Waals surface area (Å²) in [6.07, 6.45) is -2.65. The molecule has 0 amide bonds. The summed E-state index contributed by atoms with van der Waals surface area (Å²) in [5.74, 6) is 0. The van der Waals surface area contributed by atoms with Gasteiger partial charge in [-0.3, -0.25) is 0 Å². The van der Waals surface area contributed by atoms with E-state index in [1.54, 1.807) is 0 Å². The molecule has 0 aromatic carbocycles. The summed E-state index contributed by atoms with van der Waals surface area (Å²) in [5, 5.41) is 0. The van der Waals surface area contributed by atoms with Gasteiger partial charge in [0.2, 0.25) is 0 Å². The summed E-state index contributed by atoms with van der Waals surface area (Å²) in [4.78, 5) is 3.42. The quantitative estimate of drug-likeness (QED) is 0.773. The molecule has 0 N–H and O–H groups in total. The lowest BCUT2D eigenvalue weighted by molar-refractivity contribution is 0.145. The summed E-state index contributed by atoms with van der Waals surface area (Å²) >= 11 is 2.99. The van der Waals surface area contributed by atoms with Crippen LogP contribution in [0.1, 0.15) is 17.8 Å². The zero-order valence-corrected chi connectivity index (χ0v) is 7.48. The smallest absolute Gasteiger partial charge is 0.248 e.